The van der Waals surface area contributed by atoms with E-state index in [0.717, 1.165) is 12.0 Å². The van der Waals surface area contributed by atoms with Crippen LogP contribution in [0.2, 0.25) is 0 Å². The highest BCUT2D eigenvalue weighted by molar-refractivity contribution is 5.56. The molecule has 0 spiro atoms. The highest BCUT2D eigenvalue weighted by atomic mass is 19.1. The Kier molecular flexibility index (Phi) is 8.91. The van der Waals surface area contributed by atoms with Crippen molar-refractivity contribution in [1.29, 1.82) is 0 Å². The molecule has 0 atom stereocenters. The average Bonchev–Trinajstić information content (AvgIpc) is 2.76. The van der Waals surface area contributed by atoms with Gasteiger partial charge in [-0.1, -0.05) is 58.3 Å². The summed E-state index contributed by atoms with van der Waals surface area (Å²) in [6, 6.07) is 5.04. The molecule has 0 amide bonds. The topological polar surface area (TPSA) is 35.0 Å². The van der Waals surface area contributed by atoms with Crippen LogP contribution in [-0.4, -0.2) is 16.6 Å². The predicted octanol–water partition coefficient (Wildman–Crippen LogP) is 7.14. The summed E-state index contributed by atoms with van der Waals surface area (Å²) in [5, 5.41) is 0. The zero-order valence-electron chi connectivity index (χ0n) is 17.8. The molecular formula is C25H35FN2O. The van der Waals surface area contributed by atoms with Crippen molar-refractivity contribution in [2.75, 3.05) is 6.61 Å². The summed E-state index contributed by atoms with van der Waals surface area (Å²) in [7, 11) is 0. The van der Waals surface area contributed by atoms with E-state index in [1.165, 1.54) is 76.7 Å². The number of aromatic nitrogens is 2. The van der Waals surface area contributed by atoms with Gasteiger partial charge in [-0.05, 0) is 55.4 Å². The molecule has 1 saturated carbocycles. The molecule has 1 aromatic heterocycles. The number of aryl methyl sites for hydroxylation is 1. The van der Waals surface area contributed by atoms with Gasteiger partial charge in [0.25, 0.3) is 0 Å². The number of benzene rings is 1. The van der Waals surface area contributed by atoms with Gasteiger partial charge in [0.1, 0.15) is 0 Å². The fourth-order valence-corrected chi connectivity index (χ4v) is 4.06. The summed E-state index contributed by atoms with van der Waals surface area (Å²) in [4.78, 5) is 8.90. The molecule has 2 aromatic rings. The maximum Gasteiger partial charge on any atom is 0.165 e. The summed E-state index contributed by atoms with van der Waals surface area (Å²) in [6.07, 6.45) is 18.7. The van der Waals surface area contributed by atoms with Crippen LogP contribution >= 0.6 is 0 Å². The standard InChI is InChI=1S/C25H35FN2O/c1-2-3-4-5-6-8-13-21-17-27-25(28-18-21)22-14-15-24(23(26)16-22)29-19-20-11-9-7-10-12-20/h14-18,20H,2-13,19H2,1H3. The molecule has 0 N–H and O–H groups in total. The molecule has 4 heteroatoms. The van der Waals surface area contributed by atoms with Gasteiger partial charge in [0.2, 0.25) is 0 Å². The normalized spacial score (nSPS) is 14.8. The van der Waals surface area contributed by atoms with Crippen molar-refractivity contribution < 1.29 is 9.13 Å². The monoisotopic (exact) mass is 398 g/mol. The third kappa shape index (κ3) is 7.09. The molecule has 158 valence electrons. The fourth-order valence-electron chi connectivity index (χ4n) is 4.06. The molecule has 0 bridgehead atoms. The van der Waals surface area contributed by atoms with E-state index in [1.807, 2.05) is 18.5 Å². The minimum Gasteiger partial charge on any atom is -0.490 e. The van der Waals surface area contributed by atoms with E-state index < -0.39 is 0 Å². The number of hydrogen-bond acceptors (Lipinski definition) is 3. The molecule has 29 heavy (non-hydrogen) atoms. The van der Waals surface area contributed by atoms with Crippen LogP contribution in [-0.2, 0) is 6.42 Å². The lowest BCUT2D eigenvalue weighted by Crippen LogP contribution is -2.15. The second kappa shape index (κ2) is 11.9. The van der Waals surface area contributed by atoms with Gasteiger partial charge < -0.3 is 4.74 Å². The van der Waals surface area contributed by atoms with Crippen molar-refractivity contribution in [3.8, 4) is 17.1 Å². The largest absolute Gasteiger partial charge is 0.490 e. The number of hydrogen-bond donors (Lipinski definition) is 0. The summed E-state index contributed by atoms with van der Waals surface area (Å²) < 4.78 is 20.2. The van der Waals surface area contributed by atoms with Crippen molar-refractivity contribution in [2.45, 2.75) is 84.0 Å². The number of unbranched alkanes of at least 4 members (excludes halogenated alkanes) is 5. The number of halogens is 1. The van der Waals surface area contributed by atoms with Crippen molar-refractivity contribution in [3.05, 3.63) is 42.0 Å². The molecule has 0 aliphatic heterocycles. The van der Waals surface area contributed by atoms with Crippen molar-refractivity contribution >= 4 is 0 Å². The quantitative estimate of drug-likeness (QED) is 0.377. The Balaban J connectivity index is 1.49. The SMILES string of the molecule is CCCCCCCCc1cnc(-c2ccc(OCC3CCCCC3)c(F)c2)nc1. The van der Waals surface area contributed by atoms with Gasteiger partial charge in [0.15, 0.2) is 17.4 Å². The molecule has 1 fully saturated rings. The molecule has 1 heterocycles. The smallest absolute Gasteiger partial charge is 0.165 e. The van der Waals surface area contributed by atoms with Crippen LogP contribution in [0.4, 0.5) is 4.39 Å². The Morgan fingerprint density at radius 2 is 1.69 bits per heavy atom. The van der Waals surface area contributed by atoms with E-state index in [4.69, 9.17) is 4.74 Å². The Morgan fingerprint density at radius 3 is 2.41 bits per heavy atom. The van der Waals surface area contributed by atoms with Gasteiger partial charge in [0.05, 0.1) is 6.61 Å². The molecule has 1 aromatic carbocycles. The van der Waals surface area contributed by atoms with Crippen LogP contribution in [0, 0.1) is 11.7 Å². The Bertz CT molecular complexity index is 726. The number of nitrogens with zero attached hydrogens (tertiary/aromatic N) is 2. The summed E-state index contributed by atoms with van der Waals surface area (Å²) in [5.74, 6) is 1.12. The Hall–Kier alpha value is -1.97. The first-order valence-corrected chi connectivity index (χ1v) is 11.5. The lowest BCUT2D eigenvalue weighted by atomic mass is 9.90. The molecule has 0 unspecified atom stereocenters. The predicted molar refractivity (Wildman–Crippen MR) is 117 cm³/mol. The molecule has 1 aliphatic carbocycles. The van der Waals surface area contributed by atoms with Crippen LogP contribution in [0.15, 0.2) is 30.6 Å². The van der Waals surface area contributed by atoms with Gasteiger partial charge >= 0.3 is 0 Å². The molecule has 0 saturated heterocycles. The third-order valence-corrected chi connectivity index (χ3v) is 5.91. The number of rotatable bonds is 11. The summed E-state index contributed by atoms with van der Waals surface area (Å²) in [5.41, 5.74) is 1.84. The van der Waals surface area contributed by atoms with Crippen LogP contribution in [0.1, 0.15) is 83.1 Å². The van der Waals surface area contributed by atoms with Crippen molar-refractivity contribution in [2.24, 2.45) is 5.92 Å². The minimum absolute atomic E-state index is 0.332. The van der Waals surface area contributed by atoms with Crippen molar-refractivity contribution in [3.63, 3.8) is 0 Å². The summed E-state index contributed by atoms with van der Waals surface area (Å²) in [6.45, 7) is 2.85. The first-order valence-electron chi connectivity index (χ1n) is 11.5. The van der Waals surface area contributed by atoms with E-state index in [1.54, 1.807) is 6.07 Å². The van der Waals surface area contributed by atoms with E-state index in [2.05, 4.69) is 16.9 Å². The number of ether oxygens (including phenoxy) is 1. The lowest BCUT2D eigenvalue weighted by molar-refractivity contribution is 0.202. The van der Waals surface area contributed by atoms with Crippen LogP contribution in [0.3, 0.4) is 0 Å². The fraction of sp³-hybridized carbons (Fsp3) is 0.600. The highest BCUT2D eigenvalue weighted by Crippen LogP contribution is 2.27. The van der Waals surface area contributed by atoms with E-state index >= 15 is 0 Å². The molecule has 1 aliphatic rings. The summed E-state index contributed by atoms with van der Waals surface area (Å²) >= 11 is 0. The van der Waals surface area contributed by atoms with Gasteiger partial charge in [-0.2, -0.15) is 0 Å². The molecular weight excluding hydrogens is 363 g/mol. The molecule has 0 radical (unpaired) electrons. The maximum absolute atomic E-state index is 14.5. The highest BCUT2D eigenvalue weighted by Gasteiger charge is 2.15. The average molecular weight is 399 g/mol. The first-order chi connectivity index (χ1) is 14.3. The van der Waals surface area contributed by atoms with E-state index in [0.29, 0.717) is 29.7 Å². The van der Waals surface area contributed by atoms with E-state index in [-0.39, 0.29) is 5.82 Å². The van der Waals surface area contributed by atoms with Gasteiger partial charge in [-0.25, -0.2) is 14.4 Å². The zero-order chi connectivity index (χ0) is 20.3. The van der Waals surface area contributed by atoms with Crippen LogP contribution in [0.5, 0.6) is 5.75 Å². The van der Waals surface area contributed by atoms with E-state index in [9.17, 15) is 4.39 Å². The van der Waals surface area contributed by atoms with Crippen LogP contribution in [0.25, 0.3) is 11.4 Å². The van der Waals surface area contributed by atoms with Gasteiger partial charge in [-0.3, -0.25) is 0 Å². The minimum atomic E-state index is -0.335. The zero-order valence-corrected chi connectivity index (χ0v) is 17.8. The maximum atomic E-state index is 14.5. The van der Waals surface area contributed by atoms with Gasteiger partial charge in [0, 0.05) is 18.0 Å². The van der Waals surface area contributed by atoms with Gasteiger partial charge in [-0.15, -0.1) is 0 Å². The molecule has 3 nitrogen and oxygen atoms in total. The van der Waals surface area contributed by atoms with Crippen LogP contribution < -0.4 is 4.74 Å². The third-order valence-electron chi connectivity index (χ3n) is 5.91. The van der Waals surface area contributed by atoms with Crippen molar-refractivity contribution in [1.82, 2.24) is 9.97 Å². The second-order valence-electron chi connectivity index (χ2n) is 8.39. The Labute approximate surface area is 175 Å². The lowest BCUT2D eigenvalue weighted by Gasteiger charge is -2.21. The first kappa shape index (κ1) is 21.7. The Morgan fingerprint density at radius 1 is 0.966 bits per heavy atom. The second-order valence-corrected chi connectivity index (χ2v) is 8.39. The molecule has 3 rings (SSSR count).